The van der Waals surface area contributed by atoms with Gasteiger partial charge in [0.05, 0.1) is 37.3 Å². The Bertz CT molecular complexity index is 615. The second kappa shape index (κ2) is 5.22. The quantitative estimate of drug-likeness (QED) is 0.795. The molecule has 0 spiro atoms. The molecule has 0 aliphatic heterocycles. The maximum atomic E-state index is 12.0. The molecule has 0 radical (unpaired) electrons. The first-order valence-electron chi connectivity index (χ1n) is 6.01. The molecule has 1 aromatic heterocycles. The van der Waals surface area contributed by atoms with Gasteiger partial charge in [-0.25, -0.2) is 4.79 Å². The Labute approximate surface area is 111 Å². The minimum absolute atomic E-state index is 0.335. The number of hydrogen-bond acceptors (Lipinski definition) is 4. The third-order valence-electron chi connectivity index (χ3n) is 2.98. The molecule has 0 fully saturated rings. The van der Waals surface area contributed by atoms with Gasteiger partial charge >= 0.3 is 5.97 Å². The Kier molecular flexibility index (Phi) is 3.64. The number of benzene rings is 1. The monoisotopic (exact) mass is 263 g/mol. The number of nitrogens with zero attached hydrogens (tertiary/aromatic N) is 1. The number of methoxy groups -OCH3 is 2. The molecule has 5 nitrogen and oxygen atoms in total. The summed E-state index contributed by atoms with van der Waals surface area (Å²) < 4.78 is 17.6. The van der Waals surface area contributed by atoms with Gasteiger partial charge in [-0.05, 0) is 19.1 Å². The number of rotatable bonds is 4. The summed E-state index contributed by atoms with van der Waals surface area (Å²) in [6.45, 7) is 2.11. The normalized spacial score (nSPS) is 10.5. The highest BCUT2D eigenvalue weighted by molar-refractivity contribution is 6.08. The molecule has 102 valence electrons. The molecule has 2 aromatic rings. The Morgan fingerprint density at radius 2 is 1.84 bits per heavy atom. The van der Waals surface area contributed by atoms with Crippen molar-refractivity contribution < 1.29 is 19.0 Å². The van der Waals surface area contributed by atoms with E-state index in [1.807, 2.05) is 17.7 Å². The van der Waals surface area contributed by atoms with Crippen molar-refractivity contribution >= 4 is 16.9 Å². The SMILES string of the molecule is CCOC(=O)c1cn(C)c2c(OC)ccc(OC)c12. The summed E-state index contributed by atoms with van der Waals surface area (Å²) in [5.41, 5.74) is 1.29. The number of hydrogen-bond donors (Lipinski definition) is 0. The van der Waals surface area contributed by atoms with Crippen molar-refractivity contribution in [3.8, 4) is 11.5 Å². The summed E-state index contributed by atoms with van der Waals surface area (Å²) in [5, 5.41) is 0.711. The molecule has 19 heavy (non-hydrogen) atoms. The van der Waals surface area contributed by atoms with Crippen molar-refractivity contribution in [3.05, 3.63) is 23.9 Å². The van der Waals surface area contributed by atoms with E-state index >= 15 is 0 Å². The maximum Gasteiger partial charge on any atom is 0.340 e. The molecular weight excluding hydrogens is 246 g/mol. The molecule has 0 unspecified atom stereocenters. The van der Waals surface area contributed by atoms with Gasteiger partial charge in [0.1, 0.15) is 11.5 Å². The standard InChI is InChI=1S/C14H17NO4/c1-5-19-14(16)9-8-15(2)13-11(18-4)7-6-10(17-3)12(9)13/h6-8H,5H2,1-4H3. The van der Waals surface area contributed by atoms with Gasteiger partial charge in [-0.15, -0.1) is 0 Å². The van der Waals surface area contributed by atoms with Crippen LogP contribution in [0.4, 0.5) is 0 Å². The minimum atomic E-state index is -0.361. The summed E-state index contributed by atoms with van der Waals surface area (Å²) in [6, 6.07) is 3.60. The summed E-state index contributed by atoms with van der Waals surface area (Å²) in [5.74, 6) is 0.952. The zero-order valence-electron chi connectivity index (χ0n) is 11.5. The Hall–Kier alpha value is -2.17. The summed E-state index contributed by atoms with van der Waals surface area (Å²) >= 11 is 0. The fraction of sp³-hybridized carbons (Fsp3) is 0.357. The van der Waals surface area contributed by atoms with Crippen LogP contribution < -0.4 is 9.47 Å². The van der Waals surface area contributed by atoms with Crippen LogP contribution in [0.5, 0.6) is 11.5 Å². The lowest BCUT2D eigenvalue weighted by Crippen LogP contribution is -2.04. The van der Waals surface area contributed by atoms with Crippen LogP contribution in [0.1, 0.15) is 17.3 Å². The van der Waals surface area contributed by atoms with Gasteiger partial charge in [-0.3, -0.25) is 0 Å². The van der Waals surface area contributed by atoms with E-state index in [0.717, 1.165) is 5.52 Å². The third kappa shape index (κ3) is 2.12. The van der Waals surface area contributed by atoms with Crippen molar-refractivity contribution in [2.45, 2.75) is 6.92 Å². The molecule has 0 saturated carbocycles. The van der Waals surface area contributed by atoms with Crippen LogP contribution in [0.15, 0.2) is 18.3 Å². The van der Waals surface area contributed by atoms with E-state index in [4.69, 9.17) is 14.2 Å². The Morgan fingerprint density at radius 1 is 1.21 bits per heavy atom. The molecule has 0 amide bonds. The molecule has 0 N–H and O–H groups in total. The molecule has 0 saturated heterocycles. The molecule has 5 heteroatoms. The van der Waals surface area contributed by atoms with Gasteiger partial charge in [0.2, 0.25) is 0 Å². The average Bonchev–Trinajstić information content (AvgIpc) is 2.77. The molecule has 0 aliphatic carbocycles. The Morgan fingerprint density at radius 3 is 2.42 bits per heavy atom. The van der Waals surface area contributed by atoms with E-state index < -0.39 is 0 Å². The van der Waals surface area contributed by atoms with E-state index in [-0.39, 0.29) is 5.97 Å². The van der Waals surface area contributed by atoms with E-state index in [1.54, 1.807) is 33.4 Å². The van der Waals surface area contributed by atoms with Crippen molar-refractivity contribution in [2.75, 3.05) is 20.8 Å². The summed E-state index contributed by atoms with van der Waals surface area (Å²) in [7, 11) is 5.02. The van der Waals surface area contributed by atoms with Gasteiger partial charge in [0.25, 0.3) is 0 Å². The molecule has 1 aromatic carbocycles. The fourth-order valence-corrected chi connectivity index (χ4v) is 2.19. The van der Waals surface area contributed by atoms with Gasteiger partial charge in [-0.2, -0.15) is 0 Å². The minimum Gasteiger partial charge on any atom is -0.496 e. The second-order valence-electron chi connectivity index (χ2n) is 4.07. The second-order valence-corrected chi connectivity index (χ2v) is 4.07. The lowest BCUT2D eigenvalue weighted by atomic mass is 10.1. The maximum absolute atomic E-state index is 12.0. The molecule has 1 heterocycles. The first-order chi connectivity index (χ1) is 9.13. The number of esters is 1. The predicted octanol–water partition coefficient (Wildman–Crippen LogP) is 2.37. The zero-order valence-corrected chi connectivity index (χ0v) is 11.5. The number of aromatic nitrogens is 1. The highest BCUT2D eigenvalue weighted by Crippen LogP contribution is 2.36. The summed E-state index contributed by atoms with van der Waals surface area (Å²) in [6.07, 6.45) is 1.73. The number of carbonyl (C=O) groups excluding carboxylic acids is 1. The van der Waals surface area contributed by atoms with E-state index in [2.05, 4.69) is 0 Å². The lowest BCUT2D eigenvalue weighted by Gasteiger charge is -2.08. The smallest absolute Gasteiger partial charge is 0.340 e. The van der Waals surface area contributed by atoms with Gasteiger partial charge in [-0.1, -0.05) is 0 Å². The number of ether oxygens (including phenoxy) is 3. The van der Waals surface area contributed by atoms with Crippen molar-refractivity contribution in [2.24, 2.45) is 7.05 Å². The molecule has 0 atom stereocenters. The molecule has 2 rings (SSSR count). The van der Waals surface area contributed by atoms with Crippen LogP contribution in [0.2, 0.25) is 0 Å². The summed E-state index contributed by atoms with van der Waals surface area (Å²) in [4.78, 5) is 12.0. The number of aryl methyl sites for hydroxylation is 1. The van der Waals surface area contributed by atoms with Crippen LogP contribution in [-0.2, 0) is 11.8 Å². The van der Waals surface area contributed by atoms with Crippen LogP contribution >= 0.6 is 0 Å². The fourth-order valence-electron chi connectivity index (χ4n) is 2.19. The van der Waals surface area contributed by atoms with Crippen molar-refractivity contribution in [3.63, 3.8) is 0 Å². The highest BCUT2D eigenvalue weighted by Gasteiger charge is 2.21. The lowest BCUT2D eigenvalue weighted by molar-refractivity contribution is 0.0528. The molecule has 0 bridgehead atoms. The van der Waals surface area contributed by atoms with Crippen LogP contribution in [0.3, 0.4) is 0 Å². The van der Waals surface area contributed by atoms with Crippen LogP contribution in [-0.4, -0.2) is 31.4 Å². The number of carbonyl (C=O) groups is 1. The number of fused-ring (bicyclic) bond motifs is 1. The third-order valence-corrected chi connectivity index (χ3v) is 2.98. The first kappa shape index (κ1) is 13.3. The highest BCUT2D eigenvalue weighted by atomic mass is 16.5. The van der Waals surface area contributed by atoms with E-state index in [0.29, 0.717) is 29.1 Å². The van der Waals surface area contributed by atoms with Gasteiger partial charge in [0.15, 0.2) is 0 Å². The van der Waals surface area contributed by atoms with E-state index in [1.165, 1.54) is 0 Å². The Balaban J connectivity index is 2.76. The van der Waals surface area contributed by atoms with Crippen molar-refractivity contribution in [1.82, 2.24) is 4.57 Å². The average molecular weight is 263 g/mol. The molecule has 0 aliphatic rings. The topological polar surface area (TPSA) is 49.7 Å². The first-order valence-corrected chi connectivity index (χ1v) is 6.01. The largest absolute Gasteiger partial charge is 0.496 e. The van der Waals surface area contributed by atoms with Crippen LogP contribution in [0.25, 0.3) is 10.9 Å². The van der Waals surface area contributed by atoms with Gasteiger partial charge in [0, 0.05) is 13.2 Å². The zero-order chi connectivity index (χ0) is 14.0. The molecular formula is C14H17NO4. The predicted molar refractivity (Wildman–Crippen MR) is 72.0 cm³/mol. The van der Waals surface area contributed by atoms with Crippen LogP contribution in [0, 0.1) is 0 Å². The van der Waals surface area contributed by atoms with Crippen molar-refractivity contribution in [1.29, 1.82) is 0 Å². The van der Waals surface area contributed by atoms with Gasteiger partial charge < -0.3 is 18.8 Å². The van der Waals surface area contributed by atoms with E-state index in [9.17, 15) is 4.79 Å².